The van der Waals surface area contributed by atoms with E-state index in [0.717, 1.165) is 5.56 Å². The van der Waals surface area contributed by atoms with Crippen molar-refractivity contribution in [2.24, 2.45) is 0 Å². The number of amides is 1. The van der Waals surface area contributed by atoms with Crippen LogP contribution in [-0.2, 0) is 16.1 Å². The van der Waals surface area contributed by atoms with Gasteiger partial charge in [0.1, 0.15) is 0 Å². The number of morpholine rings is 1. The predicted molar refractivity (Wildman–Crippen MR) is 70.0 cm³/mol. The third kappa shape index (κ3) is 4.22. The molecule has 104 valence electrons. The molecule has 0 spiro atoms. The van der Waals surface area contributed by atoms with E-state index < -0.39 is 6.09 Å². The summed E-state index contributed by atoms with van der Waals surface area (Å²) in [5, 5.41) is 9.01. The molecular formula is C14H19NO4. The van der Waals surface area contributed by atoms with Gasteiger partial charge in [-0.1, -0.05) is 30.3 Å². The molecule has 0 radical (unpaired) electrons. The fourth-order valence-electron chi connectivity index (χ4n) is 2.18. The van der Waals surface area contributed by atoms with Gasteiger partial charge in [-0.15, -0.1) is 0 Å². The zero-order valence-electron chi connectivity index (χ0n) is 11.0. The van der Waals surface area contributed by atoms with Gasteiger partial charge in [-0.2, -0.15) is 0 Å². The normalized spacial score (nSPS) is 23.3. The highest BCUT2D eigenvalue weighted by Crippen LogP contribution is 2.12. The first-order valence-electron chi connectivity index (χ1n) is 6.40. The maximum absolute atomic E-state index is 11.0. The van der Waals surface area contributed by atoms with E-state index in [2.05, 4.69) is 0 Å². The largest absolute Gasteiger partial charge is 0.465 e. The Morgan fingerprint density at radius 2 is 2.16 bits per heavy atom. The minimum absolute atomic E-state index is 0.0878. The molecule has 2 atom stereocenters. The average Bonchev–Trinajstić information content (AvgIpc) is 2.39. The second-order valence-corrected chi connectivity index (χ2v) is 4.76. The SMILES string of the molecule is CC1CN(C(=O)O)C[C@H](COCc2ccccc2)O1. The summed E-state index contributed by atoms with van der Waals surface area (Å²) in [4.78, 5) is 12.3. The lowest BCUT2D eigenvalue weighted by molar-refractivity contribution is -0.102. The van der Waals surface area contributed by atoms with Crippen LogP contribution in [0.1, 0.15) is 12.5 Å². The van der Waals surface area contributed by atoms with Crippen LogP contribution in [0.5, 0.6) is 0 Å². The van der Waals surface area contributed by atoms with E-state index >= 15 is 0 Å². The Bertz CT molecular complexity index is 409. The molecule has 19 heavy (non-hydrogen) atoms. The van der Waals surface area contributed by atoms with Crippen LogP contribution >= 0.6 is 0 Å². The van der Waals surface area contributed by atoms with Gasteiger partial charge in [-0.3, -0.25) is 0 Å². The third-order valence-electron chi connectivity index (χ3n) is 3.01. The molecule has 1 amide bonds. The van der Waals surface area contributed by atoms with Gasteiger partial charge in [-0.05, 0) is 12.5 Å². The van der Waals surface area contributed by atoms with E-state index in [-0.39, 0.29) is 12.2 Å². The van der Waals surface area contributed by atoms with Crippen molar-refractivity contribution in [1.82, 2.24) is 4.90 Å². The number of benzene rings is 1. The Balaban J connectivity index is 1.77. The van der Waals surface area contributed by atoms with E-state index in [0.29, 0.717) is 26.3 Å². The number of hydrogen-bond donors (Lipinski definition) is 1. The van der Waals surface area contributed by atoms with Crippen molar-refractivity contribution in [3.8, 4) is 0 Å². The number of ether oxygens (including phenoxy) is 2. The van der Waals surface area contributed by atoms with E-state index in [4.69, 9.17) is 14.6 Å². The fraction of sp³-hybridized carbons (Fsp3) is 0.500. The minimum Gasteiger partial charge on any atom is -0.465 e. The first kappa shape index (κ1) is 13.8. The molecular weight excluding hydrogens is 246 g/mol. The summed E-state index contributed by atoms with van der Waals surface area (Å²) in [5.41, 5.74) is 1.10. The van der Waals surface area contributed by atoms with Gasteiger partial charge in [0, 0.05) is 0 Å². The van der Waals surface area contributed by atoms with Crippen molar-refractivity contribution < 1.29 is 19.4 Å². The Morgan fingerprint density at radius 1 is 1.42 bits per heavy atom. The highest BCUT2D eigenvalue weighted by Gasteiger charge is 2.28. The number of rotatable bonds is 4. The van der Waals surface area contributed by atoms with Crippen LogP contribution in [0.25, 0.3) is 0 Å². The molecule has 0 aromatic heterocycles. The zero-order chi connectivity index (χ0) is 13.7. The number of carboxylic acid groups (broad SMARTS) is 1. The topological polar surface area (TPSA) is 59.0 Å². The number of nitrogens with zero attached hydrogens (tertiary/aromatic N) is 1. The van der Waals surface area contributed by atoms with Gasteiger partial charge in [0.25, 0.3) is 0 Å². The quantitative estimate of drug-likeness (QED) is 0.904. The number of hydrogen-bond acceptors (Lipinski definition) is 3. The molecule has 1 aliphatic heterocycles. The summed E-state index contributed by atoms with van der Waals surface area (Å²) in [6.07, 6.45) is -1.18. The van der Waals surface area contributed by atoms with Crippen molar-refractivity contribution in [2.75, 3.05) is 19.7 Å². The zero-order valence-corrected chi connectivity index (χ0v) is 11.0. The molecule has 1 aliphatic rings. The van der Waals surface area contributed by atoms with E-state index in [9.17, 15) is 4.79 Å². The van der Waals surface area contributed by atoms with Gasteiger partial charge in [0.15, 0.2) is 0 Å². The van der Waals surface area contributed by atoms with Gasteiger partial charge < -0.3 is 19.5 Å². The standard InChI is InChI=1S/C14H19NO4/c1-11-7-15(14(16)17)8-13(19-11)10-18-9-12-5-3-2-4-6-12/h2-6,11,13H,7-10H2,1H3,(H,16,17)/t11?,13-/m1/s1. The summed E-state index contributed by atoms with van der Waals surface area (Å²) in [6.45, 7) is 3.59. The molecule has 0 saturated carbocycles. The molecule has 1 aromatic carbocycles. The number of carbonyl (C=O) groups is 1. The monoisotopic (exact) mass is 265 g/mol. The van der Waals surface area contributed by atoms with E-state index in [1.165, 1.54) is 4.90 Å². The van der Waals surface area contributed by atoms with Crippen molar-refractivity contribution in [3.63, 3.8) is 0 Å². The highest BCUT2D eigenvalue weighted by atomic mass is 16.5. The molecule has 1 heterocycles. The Kier molecular flexibility index (Phi) is 4.76. The highest BCUT2D eigenvalue weighted by molar-refractivity contribution is 5.65. The first-order chi connectivity index (χ1) is 9.15. The van der Waals surface area contributed by atoms with Crippen LogP contribution in [0.15, 0.2) is 30.3 Å². The van der Waals surface area contributed by atoms with Crippen LogP contribution in [0, 0.1) is 0 Å². The summed E-state index contributed by atoms with van der Waals surface area (Å²) in [5.74, 6) is 0. The lowest BCUT2D eigenvalue weighted by Crippen LogP contribution is -2.50. The van der Waals surface area contributed by atoms with Crippen molar-refractivity contribution in [1.29, 1.82) is 0 Å². The molecule has 5 heteroatoms. The van der Waals surface area contributed by atoms with E-state index in [1.807, 2.05) is 37.3 Å². The fourth-order valence-corrected chi connectivity index (χ4v) is 2.18. The maximum Gasteiger partial charge on any atom is 0.407 e. The molecule has 1 saturated heterocycles. The van der Waals surface area contributed by atoms with Gasteiger partial charge in [0.2, 0.25) is 0 Å². The molecule has 1 fully saturated rings. The summed E-state index contributed by atoms with van der Waals surface area (Å²) in [6, 6.07) is 9.87. The Morgan fingerprint density at radius 3 is 2.84 bits per heavy atom. The lowest BCUT2D eigenvalue weighted by atomic mass is 10.2. The smallest absolute Gasteiger partial charge is 0.407 e. The molecule has 1 aromatic rings. The molecule has 5 nitrogen and oxygen atoms in total. The lowest BCUT2D eigenvalue weighted by Gasteiger charge is -2.34. The second kappa shape index (κ2) is 6.54. The van der Waals surface area contributed by atoms with Gasteiger partial charge >= 0.3 is 6.09 Å². The molecule has 2 rings (SSSR count). The minimum atomic E-state index is -0.900. The molecule has 0 bridgehead atoms. The Labute approximate surface area is 112 Å². The van der Waals surface area contributed by atoms with Crippen LogP contribution in [0.4, 0.5) is 4.79 Å². The maximum atomic E-state index is 11.0. The first-order valence-corrected chi connectivity index (χ1v) is 6.40. The second-order valence-electron chi connectivity index (χ2n) is 4.76. The van der Waals surface area contributed by atoms with Crippen molar-refractivity contribution in [3.05, 3.63) is 35.9 Å². The summed E-state index contributed by atoms with van der Waals surface area (Å²) in [7, 11) is 0. The van der Waals surface area contributed by atoms with Crippen LogP contribution < -0.4 is 0 Å². The summed E-state index contributed by atoms with van der Waals surface area (Å²) < 4.78 is 11.3. The van der Waals surface area contributed by atoms with E-state index in [1.54, 1.807) is 0 Å². The Hall–Kier alpha value is -1.59. The van der Waals surface area contributed by atoms with Crippen LogP contribution in [0.3, 0.4) is 0 Å². The molecule has 1 unspecified atom stereocenters. The predicted octanol–water partition coefficient (Wildman–Crippen LogP) is 1.97. The van der Waals surface area contributed by atoms with Gasteiger partial charge in [0.05, 0.1) is 38.5 Å². The third-order valence-corrected chi connectivity index (χ3v) is 3.01. The molecule has 0 aliphatic carbocycles. The van der Waals surface area contributed by atoms with Crippen LogP contribution in [-0.4, -0.2) is 48.0 Å². The summed E-state index contributed by atoms with van der Waals surface area (Å²) >= 11 is 0. The van der Waals surface area contributed by atoms with Crippen LogP contribution in [0.2, 0.25) is 0 Å². The van der Waals surface area contributed by atoms with Crippen molar-refractivity contribution >= 4 is 6.09 Å². The molecule has 1 N–H and O–H groups in total. The average molecular weight is 265 g/mol. The van der Waals surface area contributed by atoms with Crippen molar-refractivity contribution in [2.45, 2.75) is 25.7 Å². The van der Waals surface area contributed by atoms with Gasteiger partial charge in [-0.25, -0.2) is 4.79 Å².